The SMILES string of the molecule is O=S(=O)(Cc1ccccc1)O[S-].[K+]. The van der Waals surface area contributed by atoms with Crippen LogP contribution in [0.5, 0.6) is 0 Å². The van der Waals surface area contributed by atoms with E-state index in [2.05, 4.69) is 16.5 Å². The van der Waals surface area contributed by atoms with Crippen LogP contribution in [0, 0.1) is 0 Å². The third-order valence-corrected chi connectivity index (χ3v) is 2.81. The van der Waals surface area contributed by atoms with Crippen LogP contribution >= 0.6 is 0 Å². The Balaban J connectivity index is 0.00000144. The molecule has 0 amide bonds. The van der Waals surface area contributed by atoms with Gasteiger partial charge in [0.1, 0.15) is 0 Å². The van der Waals surface area contributed by atoms with E-state index in [-0.39, 0.29) is 57.1 Å². The molecule has 0 saturated carbocycles. The van der Waals surface area contributed by atoms with E-state index in [4.69, 9.17) is 0 Å². The van der Waals surface area contributed by atoms with E-state index >= 15 is 0 Å². The quantitative estimate of drug-likeness (QED) is 0.454. The largest absolute Gasteiger partial charge is 1.00 e. The van der Waals surface area contributed by atoms with Crippen molar-refractivity contribution < 1.29 is 63.4 Å². The molecular weight excluding hydrogens is 235 g/mol. The molecule has 0 bridgehead atoms. The van der Waals surface area contributed by atoms with Gasteiger partial charge in [0.2, 0.25) is 10.1 Å². The van der Waals surface area contributed by atoms with Crippen LogP contribution in [0.15, 0.2) is 30.3 Å². The van der Waals surface area contributed by atoms with Crippen molar-refractivity contribution in [1.82, 2.24) is 0 Å². The molecule has 0 aliphatic heterocycles. The molecule has 0 N–H and O–H groups in total. The first-order valence-electron chi connectivity index (χ1n) is 3.22. The fourth-order valence-corrected chi connectivity index (χ4v) is 1.60. The maximum Gasteiger partial charge on any atom is 1.00 e. The predicted molar refractivity (Wildman–Crippen MR) is 47.5 cm³/mol. The smallest absolute Gasteiger partial charge is 0.602 e. The normalized spacial score (nSPS) is 10.5. The van der Waals surface area contributed by atoms with Gasteiger partial charge in [-0.05, 0) is 5.56 Å². The predicted octanol–water partition coefficient (Wildman–Crippen LogP) is -2.00. The molecule has 0 atom stereocenters. The van der Waals surface area contributed by atoms with Crippen molar-refractivity contribution in [1.29, 1.82) is 0 Å². The molecule has 1 aromatic rings. The van der Waals surface area contributed by atoms with Gasteiger partial charge in [-0.3, -0.25) is 0 Å². The molecule has 0 aromatic heterocycles. The van der Waals surface area contributed by atoms with Gasteiger partial charge in [-0.15, -0.1) is 0 Å². The van der Waals surface area contributed by atoms with E-state index in [9.17, 15) is 8.42 Å². The summed E-state index contributed by atoms with van der Waals surface area (Å²) in [6.45, 7) is 0. The van der Waals surface area contributed by atoms with E-state index in [0.717, 1.165) is 0 Å². The molecule has 0 aliphatic carbocycles. The summed E-state index contributed by atoms with van der Waals surface area (Å²) in [4.78, 5) is 0. The van der Waals surface area contributed by atoms with Gasteiger partial charge < -0.3 is 16.5 Å². The minimum atomic E-state index is -3.56. The maximum absolute atomic E-state index is 10.8. The van der Waals surface area contributed by atoms with Gasteiger partial charge in [0.05, 0.1) is 5.75 Å². The van der Waals surface area contributed by atoms with E-state index in [1.807, 2.05) is 6.07 Å². The van der Waals surface area contributed by atoms with Crippen LogP contribution in [0.25, 0.3) is 0 Å². The Hall–Kier alpha value is 1.12. The Kier molecular flexibility index (Phi) is 7.14. The molecule has 6 heteroatoms. The van der Waals surface area contributed by atoms with Crippen molar-refractivity contribution in [3.8, 4) is 0 Å². The molecule has 0 aliphatic rings. The molecule has 0 saturated heterocycles. The molecule has 66 valence electrons. The average molecular weight is 242 g/mol. The maximum atomic E-state index is 10.8. The van der Waals surface area contributed by atoms with Crippen LogP contribution in [-0.2, 0) is 32.4 Å². The van der Waals surface area contributed by atoms with Crippen LogP contribution in [0.4, 0.5) is 0 Å². The number of benzene rings is 1. The summed E-state index contributed by atoms with van der Waals surface area (Å²) in [6, 6.07) is 8.73. The van der Waals surface area contributed by atoms with Gasteiger partial charge >= 0.3 is 51.4 Å². The molecule has 0 radical (unpaired) electrons. The van der Waals surface area contributed by atoms with Crippen molar-refractivity contribution in [2.45, 2.75) is 5.75 Å². The summed E-state index contributed by atoms with van der Waals surface area (Å²) in [5.41, 5.74) is 0.669. The minimum absolute atomic E-state index is 0. The number of hydrogen-bond acceptors (Lipinski definition) is 4. The molecule has 3 nitrogen and oxygen atoms in total. The second-order valence-electron chi connectivity index (χ2n) is 2.26. The van der Waals surface area contributed by atoms with Crippen LogP contribution < -0.4 is 51.4 Å². The van der Waals surface area contributed by atoms with E-state index in [1.54, 1.807) is 24.3 Å². The summed E-state index contributed by atoms with van der Waals surface area (Å²) in [5, 5.41) is 0. The summed E-state index contributed by atoms with van der Waals surface area (Å²) < 4.78 is 25.6. The Morgan fingerprint density at radius 2 is 1.77 bits per heavy atom. The first-order valence-corrected chi connectivity index (χ1v) is 5.13. The number of rotatable bonds is 3. The third kappa shape index (κ3) is 5.53. The second kappa shape index (κ2) is 6.57. The van der Waals surface area contributed by atoms with Gasteiger partial charge in [0, 0.05) is 0 Å². The molecule has 0 heterocycles. The molecular formula is C7H7KO3S2. The first-order chi connectivity index (χ1) is 5.64. The van der Waals surface area contributed by atoms with Crippen molar-refractivity contribution in [3.63, 3.8) is 0 Å². The van der Waals surface area contributed by atoms with Crippen molar-refractivity contribution >= 4 is 23.0 Å². The standard InChI is InChI=1S/C7H8O3S2.K/c8-12(9,10-11)6-7-4-2-1-3-5-7;/h1-5,11H,6H2;/q;+1/p-1. The van der Waals surface area contributed by atoms with Gasteiger partial charge in [-0.2, -0.15) is 0 Å². The third-order valence-electron chi connectivity index (χ3n) is 1.29. The fourth-order valence-electron chi connectivity index (χ4n) is 0.802. The fraction of sp³-hybridized carbons (Fsp3) is 0.143. The average Bonchev–Trinajstić information content (AvgIpc) is 2.06. The zero-order valence-electron chi connectivity index (χ0n) is 7.14. The Bertz CT molecular complexity index is 336. The van der Waals surface area contributed by atoms with Crippen molar-refractivity contribution in [2.75, 3.05) is 0 Å². The zero-order chi connectivity index (χ0) is 9.03. The van der Waals surface area contributed by atoms with Gasteiger partial charge in [-0.1, -0.05) is 30.3 Å². The molecule has 1 aromatic carbocycles. The van der Waals surface area contributed by atoms with E-state index in [0.29, 0.717) is 5.56 Å². The zero-order valence-corrected chi connectivity index (χ0v) is 11.9. The molecule has 13 heavy (non-hydrogen) atoms. The van der Waals surface area contributed by atoms with Crippen LogP contribution in [0.3, 0.4) is 0 Å². The molecule has 0 unspecified atom stereocenters. The Morgan fingerprint density at radius 1 is 1.23 bits per heavy atom. The Labute approximate surface area is 126 Å². The number of hydrogen-bond donors (Lipinski definition) is 0. The van der Waals surface area contributed by atoms with Crippen LogP contribution in [0.2, 0.25) is 0 Å². The molecule has 1 rings (SSSR count). The monoisotopic (exact) mass is 242 g/mol. The van der Waals surface area contributed by atoms with Gasteiger partial charge in [-0.25, -0.2) is 8.42 Å². The molecule has 0 fully saturated rings. The topological polar surface area (TPSA) is 43.4 Å². The van der Waals surface area contributed by atoms with Gasteiger partial charge in [0.15, 0.2) is 0 Å². The summed E-state index contributed by atoms with van der Waals surface area (Å²) in [6.07, 6.45) is 0. The second-order valence-corrected chi connectivity index (χ2v) is 4.20. The first kappa shape index (κ1) is 14.1. The Morgan fingerprint density at radius 3 is 2.23 bits per heavy atom. The van der Waals surface area contributed by atoms with Crippen molar-refractivity contribution in [3.05, 3.63) is 35.9 Å². The minimum Gasteiger partial charge on any atom is -0.602 e. The van der Waals surface area contributed by atoms with E-state index in [1.165, 1.54) is 0 Å². The van der Waals surface area contributed by atoms with Gasteiger partial charge in [0.25, 0.3) is 0 Å². The molecule has 0 spiro atoms. The van der Waals surface area contributed by atoms with Crippen molar-refractivity contribution in [2.24, 2.45) is 0 Å². The summed E-state index contributed by atoms with van der Waals surface area (Å²) in [7, 11) is -3.56. The van der Waals surface area contributed by atoms with E-state index < -0.39 is 10.1 Å². The summed E-state index contributed by atoms with van der Waals surface area (Å²) in [5.74, 6) is -0.169. The van der Waals surface area contributed by atoms with Crippen LogP contribution in [-0.4, -0.2) is 8.42 Å². The summed E-state index contributed by atoms with van der Waals surface area (Å²) >= 11 is 4.00. The van der Waals surface area contributed by atoms with Crippen LogP contribution in [0.1, 0.15) is 5.56 Å².